The maximum Gasteiger partial charge on any atom is 0.408 e. The van der Waals surface area contributed by atoms with Gasteiger partial charge in [0.15, 0.2) is 0 Å². The summed E-state index contributed by atoms with van der Waals surface area (Å²) in [5.74, 6) is 1.28. The van der Waals surface area contributed by atoms with Crippen molar-refractivity contribution >= 4 is 17.7 Å². The number of carbonyl (C=O) groups excluding carboxylic acids is 2. The van der Waals surface area contributed by atoms with E-state index in [1.54, 1.807) is 46.1 Å². The minimum Gasteiger partial charge on any atom is -0.496 e. The molecule has 0 radical (unpaired) electrons. The van der Waals surface area contributed by atoms with Gasteiger partial charge >= 0.3 is 6.09 Å². The van der Waals surface area contributed by atoms with Crippen LogP contribution in [0.25, 0.3) is 0 Å². The number of methoxy groups -OCH3 is 1. The Hall–Kier alpha value is -3.29. The maximum absolute atomic E-state index is 11.9. The third-order valence-electron chi connectivity index (χ3n) is 3.41. The number of anilines is 1. The van der Waals surface area contributed by atoms with Crippen LogP contribution in [0, 0.1) is 6.92 Å². The highest BCUT2D eigenvalue weighted by Gasteiger charge is 2.16. The van der Waals surface area contributed by atoms with Crippen molar-refractivity contribution in [2.75, 3.05) is 19.0 Å². The highest BCUT2D eigenvalue weighted by molar-refractivity contribution is 5.93. The summed E-state index contributed by atoms with van der Waals surface area (Å²) in [5.41, 5.74) is 0.854. The second kappa shape index (κ2) is 9.07. The van der Waals surface area contributed by atoms with Crippen molar-refractivity contribution in [2.45, 2.75) is 33.3 Å². The Bertz CT molecular complexity index is 829. The highest BCUT2D eigenvalue weighted by atomic mass is 16.6. The van der Waals surface area contributed by atoms with Crippen LogP contribution in [-0.4, -0.2) is 36.2 Å². The van der Waals surface area contributed by atoms with Crippen LogP contribution in [0.1, 0.15) is 26.3 Å². The number of hydrogen-bond acceptors (Lipinski definition) is 6. The SMILES string of the molecule is COc1cc(Oc2ccc(NC(=O)CNC(=O)OC(C)(C)C)cn2)ccc1C. The van der Waals surface area contributed by atoms with Gasteiger partial charge in [-0.15, -0.1) is 0 Å². The molecule has 2 aromatic rings. The molecule has 150 valence electrons. The van der Waals surface area contributed by atoms with Gasteiger partial charge in [-0.05, 0) is 45.4 Å². The fourth-order valence-corrected chi connectivity index (χ4v) is 2.17. The van der Waals surface area contributed by atoms with Crippen LogP contribution < -0.4 is 20.1 Å². The number of benzene rings is 1. The molecule has 1 heterocycles. The number of ether oxygens (including phenoxy) is 3. The number of amides is 2. The van der Waals surface area contributed by atoms with E-state index in [0.717, 1.165) is 11.3 Å². The molecule has 0 aliphatic carbocycles. The smallest absolute Gasteiger partial charge is 0.408 e. The van der Waals surface area contributed by atoms with Gasteiger partial charge in [0.2, 0.25) is 11.8 Å². The van der Waals surface area contributed by atoms with Gasteiger partial charge in [-0.1, -0.05) is 6.07 Å². The lowest BCUT2D eigenvalue weighted by atomic mass is 10.2. The lowest BCUT2D eigenvalue weighted by Crippen LogP contribution is -2.37. The van der Waals surface area contributed by atoms with Gasteiger partial charge in [-0.25, -0.2) is 9.78 Å². The first kappa shape index (κ1) is 21.0. The van der Waals surface area contributed by atoms with Crippen molar-refractivity contribution in [1.29, 1.82) is 0 Å². The summed E-state index contributed by atoms with van der Waals surface area (Å²) in [4.78, 5) is 27.6. The molecule has 2 rings (SSSR count). The van der Waals surface area contributed by atoms with Crippen LogP contribution in [0.15, 0.2) is 36.5 Å². The van der Waals surface area contributed by atoms with Crippen molar-refractivity contribution in [1.82, 2.24) is 10.3 Å². The molecule has 2 N–H and O–H groups in total. The molecule has 0 saturated heterocycles. The largest absolute Gasteiger partial charge is 0.496 e. The van der Waals surface area contributed by atoms with E-state index in [4.69, 9.17) is 14.2 Å². The van der Waals surface area contributed by atoms with Crippen LogP contribution in [-0.2, 0) is 9.53 Å². The summed E-state index contributed by atoms with van der Waals surface area (Å²) in [5, 5.41) is 5.02. The Kier molecular flexibility index (Phi) is 6.81. The molecule has 0 bridgehead atoms. The number of aryl methyl sites for hydroxylation is 1. The summed E-state index contributed by atoms with van der Waals surface area (Å²) in [7, 11) is 1.60. The molecule has 28 heavy (non-hydrogen) atoms. The Morgan fingerprint density at radius 3 is 2.50 bits per heavy atom. The van der Waals surface area contributed by atoms with Gasteiger partial charge in [0.05, 0.1) is 19.0 Å². The van der Waals surface area contributed by atoms with E-state index in [1.165, 1.54) is 6.20 Å². The monoisotopic (exact) mass is 387 g/mol. The molecular formula is C20H25N3O5. The van der Waals surface area contributed by atoms with E-state index in [9.17, 15) is 9.59 Å². The van der Waals surface area contributed by atoms with Gasteiger partial charge < -0.3 is 24.8 Å². The molecule has 1 aromatic heterocycles. The van der Waals surface area contributed by atoms with Gasteiger partial charge in [0, 0.05) is 12.1 Å². The van der Waals surface area contributed by atoms with Crippen molar-refractivity contribution in [3.05, 3.63) is 42.1 Å². The molecular weight excluding hydrogens is 362 g/mol. The second-order valence-electron chi connectivity index (χ2n) is 7.02. The van der Waals surface area contributed by atoms with E-state index < -0.39 is 17.6 Å². The van der Waals surface area contributed by atoms with Crippen molar-refractivity contribution in [3.8, 4) is 17.4 Å². The number of nitrogens with zero attached hydrogens (tertiary/aromatic N) is 1. The molecule has 0 saturated carbocycles. The van der Waals surface area contributed by atoms with Gasteiger partial charge in [0.1, 0.15) is 23.6 Å². The van der Waals surface area contributed by atoms with E-state index in [1.807, 2.05) is 19.1 Å². The zero-order valence-corrected chi connectivity index (χ0v) is 16.7. The van der Waals surface area contributed by atoms with E-state index in [0.29, 0.717) is 17.3 Å². The standard InChI is InChI=1S/C20H25N3O5/c1-13-6-8-15(10-16(13)26-5)27-18-9-7-14(11-21-18)23-17(24)12-22-19(25)28-20(2,3)4/h6-11H,12H2,1-5H3,(H,22,25)(H,23,24). The summed E-state index contributed by atoms with van der Waals surface area (Å²) in [6.07, 6.45) is 0.810. The summed E-state index contributed by atoms with van der Waals surface area (Å²) in [6.45, 7) is 6.96. The van der Waals surface area contributed by atoms with E-state index >= 15 is 0 Å². The second-order valence-corrected chi connectivity index (χ2v) is 7.02. The molecule has 0 aliphatic heterocycles. The summed E-state index contributed by atoms with van der Waals surface area (Å²) in [6, 6.07) is 8.76. The lowest BCUT2D eigenvalue weighted by Gasteiger charge is -2.19. The molecule has 8 nitrogen and oxygen atoms in total. The normalized spacial score (nSPS) is 10.8. The molecule has 0 unspecified atom stereocenters. The Morgan fingerprint density at radius 1 is 1.14 bits per heavy atom. The quantitative estimate of drug-likeness (QED) is 0.785. The van der Waals surface area contributed by atoms with Crippen molar-refractivity contribution < 1.29 is 23.8 Å². The number of nitrogens with one attached hydrogen (secondary N) is 2. The average molecular weight is 387 g/mol. The Labute approximate surface area is 164 Å². The van der Waals surface area contributed by atoms with Crippen LogP contribution in [0.5, 0.6) is 17.4 Å². The first-order valence-corrected chi connectivity index (χ1v) is 8.71. The maximum atomic E-state index is 11.9. The van der Waals surface area contributed by atoms with Gasteiger partial charge in [-0.3, -0.25) is 4.79 Å². The highest BCUT2D eigenvalue weighted by Crippen LogP contribution is 2.27. The van der Waals surface area contributed by atoms with E-state index in [-0.39, 0.29) is 6.54 Å². The third-order valence-corrected chi connectivity index (χ3v) is 3.41. The number of alkyl carbamates (subject to hydrolysis) is 1. The van der Waals surface area contributed by atoms with Crippen LogP contribution in [0.4, 0.5) is 10.5 Å². The van der Waals surface area contributed by atoms with Crippen LogP contribution >= 0.6 is 0 Å². The average Bonchev–Trinajstić information content (AvgIpc) is 2.62. The number of pyridine rings is 1. The molecule has 0 fully saturated rings. The fourth-order valence-electron chi connectivity index (χ4n) is 2.17. The Morgan fingerprint density at radius 2 is 1.89 bits per heavy atom. The van der Waals surface area contributed by atoms with Crippen LogP contribution in [0.3, 0.4) is 0 Å². The minimum atomic E-state index is -0.655. The Balaban J connectivity index is 1.87. The zero-order valence-electron chi connectivity index (χ0n) is 16.7. The number of hydrogen-bond donors (Lipinski definition) is 2. The molecule has 0 spiro atoms. The van der Waals surface area contributed by atoms with Crippen LogP contribution in [0.2, 0.25) is 0 Å². The van der Waals surface area contributed by atoms with Gasteiger partial charge in [-0.2, -0.15) is 0 Å². The first-order chi connectivity index (χ1) is 13.2. The molecule has 0 aliphatic rings. The van der Waals surface area contributed by atoms with Gasteiger partial charge in [0.25, 0.3) is 0 Å². The molecule has 8 heteroatoms. The summed E-state index contributed by atoms with van der Waals surface area (Å²) < 4.78 is 16.0. The number of rotatable bonds is 6. The van der Waals surface area contributed by atoms with Crippen molar-refractivity contribution in [2.24, 2.45) is 0 Å². The summed E-state index contributed by atoms with van der Waals surface area (Å²) >= 11 is 0. The predicted octanol–water partition coefficient (Wildman–Crippen LogP) is 3.65. The zero-order chi connectivity index (χ0) is 20.7. The predicted molar refractivity (Wildman–Crippen MR) is 105 cm³/mol. The first-order valence-electron chi connectivity index (χ1n) is 8.71. The topological polar surface area (TPSA) is 98.8 Å². The van der Waals surface area contributed by atoms with E-state index in [2.05, 4.69) is 15.6 Å². The fraction of sp³-hybridized carbons (Fsp3) is 0.350. The third kappa shape index (κ3) is 6.79. The molecule has 0 atom stereocenters. The number of carbonyl (C=O) groups is 2. The molecule has 2 amide bonds. The lowest BCUT2D eigenvalue weighted by molar-refractivity contribution is -0.115. The molecule has 1 aromatic carbocycles. The number of aromatic nitrogens is 1. The minimum absolute atomic E-state index is 0.212. The van der Waals surface area contributed by atoms with Crippen molar-refractivity contribution in [3.63, 3.8) is 0 Å².